The summed E-state index contributed by atoms with van der Waals surface area (Å²) in [7, 11) is 2.10. The van der Waals surface area contributed by atoms with Crippen molar-refractivity contribution >= 4 is 32.6 Å². The molecule has 6 heteroatoms. The topological polar surface area (TPSA) is 71.2 Å². The first-order chi connectivity index (χ1) is 10.6. The molecule has 0 spiro atoms. The summed E-state index contributed by atoms with van der Waals surface area (Å²) < 4.78 is 0.956. The molecular formula is C16H21N4OS. The van der Waals surface area contributed by atoms with Gasteiger partial charge in [-0.05, 0) is 50.0 Å². The second-order valence-corrected chi connectivity index (χ2v) is 6.79. The van der Waals surface area contributed by atoms with E-state index in [0.717, 1.165) is 29.3 Å². The number of hydrogen-bond acceptors (Lipinski definition) is 5. The van der Waals surface area contributed by atoms with Crippen molar-refractivity contribution in [3.63, 3.8) is 0 Å². The Balaban J connectivity index is 1.95. The van der Waals surface area contributed by atoms with E-state index in [1.165, 1.54) is 6.42 Å². The van der Waals surface area contributed by atoms with E-state index >= 15 is 0 Å². The van der Waals surface area contributed by atoms with Gasteiger partial charge < -0.3 is 16.0 Å². The highest BCUT2D eigenvalue weighted by atomic mass is 32.1. The highest BCUT2D eigenvalue weighted by molar-refractivity contribution is 7.22. The summed E-state index contributed by atoms with van der Waals surface area (Å²) in [5.41, 5.74) is 6.57. The standard InChI is InChI=1S/C16H21N4OS/c1-3-12(10-7-8-18-9-10)20(2)16-19-14-11(15(17)21)5-4-6-13(14)22-16/h5-6,10,12,18H,3,7-9H2,1-2H3,(H2,17,21). The number of hydrogen-bond donors (Lipinski definition) is 2. The van der Waals surface area contributed by atoms with E-state index in [1.807, 2.05) is 6.07 Å². The number of benzene rings is 1. The molecule has 0 saturated carbocycles. The first-order valence-electron chi connectivity index (χ1n) is 7.65. The molecule has 3 rings (SSSR count). The fourth-order valence-electron chi connectivity index (χ4n) is 3.29. The van der Waals surface area contributed by atoms with Gasteiger partial charge in [0.2, 0.25) is 0 Å². The summed E-state index contributed by atoms with van der Waals surface area (Å²) >= 11 is 1.59. The van der Waals surface area contributed by atoms with Crippen LogP contribution >= 0.6 is 11.3 Å². The number of carbonyl (C=O) groups is 1. The van der Waals surface area contributed by atoms with Crippen molar-refractivity contribution in [2.24, 2.45) is 11.7 Å². The molecule has 1 aliphatic rings. The molecule has 2 aromatic rings. The average Bonchev–Trinajstić information content (AvgIpc) is 3.16. The molecule has 1 amide bonds. The number of nitrogens with one attached hydrogen (secondary N) is 1. The van der Waals surface area contributed by atoms with Gasteiger partial charge in [-0.3, -0.25) is 4.79 Å². The Morgan fingerprint density at radius 2 is 2.45 bits per heavy atom. The van der Waals surface area contributed by atoms with Crippen molar-refractivity contribution in [1.29, 1.82) is 0 Å². The maximum atomic E-state index is 11.5. The molecule has 1 radical (unpaired) electrons. The van der Waals surface area contributed by atoms with Crippen molar-refractivity contribution in [3.05, 3.63) is 23.8 Å². The molecule has 5 nitrogen and oxygen atoms in total. The number of nitrogens with zero attached hydrogens (tertiary/aromatic N) is 2. The quantitative estimate of drug-likeness (QED) is 0.885. The van der Waals surface area contributed by atoms with Gasteiger partial charge in [0.25, 0.3) is 5.91 Å². The second-order valence-electron chi connectivity index (χ2n) is 5.78. The van der Waals surface area contributed by atoms with Crippen LogP contribution in [0.25, 0.3) is 10.2 Å². The summed E-state index contributed by atoms with van der Waals surface area (Å²) in [6, 6.07) is 6.92. The Labute approximate surface area is 134 Å². The first-order valence-corrected chi connectivity index (χ1v) is 8.47. The van der Waals surface area contributed by atoms with Crippen LogP contribution in [-0.4, -0.2) is 37.1 Å². The van der Waals surface area contributed by atoms with E-state index in [1.54, 1.807) is 17.4 Å². The normalized spacial score (nSPS) is 19.5. The average molecular weight is 317 g/mol. The maximum Gasteiger partial charge on any atom is 0.250 e. The molecule has 2 heterocycles. The van der Waals surface area contributed by atoms with Gasteiger partial charge in [0.15, 0.2) is 5.13 Å². The first kappa shape index (κ1) is 15.2. The number of thiazole rings is 1. The van der Waals surface area contributed by atoms with E-state index in [0.29, 0.717) is 23.0 Å². The number of nitrogens with two attached hydrogens (primary N) is 1. The van der Waals surface area contributed by atoms with Crippen molar-refractivity contribution in [1.82, 2.24) is 10.3 Å². The summed E-state index contributed by atoms with van der Waals surface area (Å²) in [4.78, 5) is 18.5. The molecule has 3 N–H and O–H groups in total. The lowest BCUT2D eigenvalue weighted by Gasteiger charge is -2.31. The van der Waals surface area contributed by atoms with Gasteiger partial charge in [0, 0.05) is 13.1 Å². The fourth-order valence-corrected chi connectivity index (χ4v) is 4.28. The lowest BCUT2D eigenvalue weighted by molar-refractivity contribution is 0.100. The number of primary amides is 1. The predicted octanol–water partition coefficient (Wildman–Crippen LogP) is 2.02. The number of anilines is 1. The van der Waals surface area contributed by atoms with Gasteiger partial charge in [-0.1, -0.05) is 18.3 Å². The molecule has 117 valence electrons. The van der Waals surface area contributed by atoms with Crippen LogP contribution in [0.2, 0.25) is 0 Å². The van der Waals surface area contributed by atoms with Crippen LogP contribution in [0.4, 0.5) is 5.13 Å². The summed E-state index contributed by atoms with van der Waals surface area (Å²) in [6.07, 6.45) is 2.28. The molecule has 1 fully saturated rings. The van der Waals surface area contributed by atoms with Crippen LogP contribution in [0.1, 0.15) is 30.1 Å². The van der Waals surface area contributed by atoms with Gasteiger partial charge >= 0.3 is 0 Å². The van der Waals surface area contributed by atoms with Crippen LogP contribution in [0.3, 0.4) is 0 Å². The minimum Gasteiger partial charge on any atom is -0.366 e. The summed E-state index contributed by atoms with van der Waals surface area (Å²) in [6.45, 7) is 4.37. The van der Waals surface area contributed by atoms with E-state index in [-0.39, 0.29) is 0 Å². The largest absolute Gasteiger partial charge is 0.366 e. The molecule has 2 atom stereocenters. The van der Waals surface area contributed by atoms with Crippen LogP contribution in [-0.2, 0) is 0 Å². The Kier molecular flexibility index (Phi) is 4.31. The number of carbonyl (C=O) groups excluding carboxylic acids is 1. The SMILES string of the molecule is CCC(C1CCNC1)N(C)c1nc2c(C(N)=O)c[c]cc2s1. The van der Waals surface area contributed by atoms with E-state index in [2.05, 4.69) is 35.2 Å². The smallest absolute Gasteiger partial charge is 0.250 e. The van der Waals surface area contributed by atoms with Crippen LogP contribution in [0.5, 0.6) is 0 Å². The molecule has 1 aromatic carbocycles. The Bertz CT molecular complexity index is 678. The Morgan fingerprint density at radius 3 is 3.09 bits per heavy atom. The minimum atomic E-state index is -0.451. The number of aromatic nitrogens is 1. The zero-order chi connectivity index (χ0) is 15.7. The third-order valence-electron chi connectivity index (χ3n) is 4.46. The van der Waals surface area contributed by atoms with Crippen molar-refractivity contribution < 1.29 is 4.79 Å². The monoisotopic (exact) mass is 317 g/mol. The fraction of sp³-hybridized carbons (Fsp3) is 0.500. The highest BCUT2D eigenvalue weighted by Gasteiger charge is 2.28. The zero-order valence-corrected chi connectivity index (χ0v) is 13.7. The maximum absolute atomic E-state index is 11.5. The molecule has 1 aliphatic heterocycles. The van der Waals surface area contributed by atoms with Crippen LogP contribution < -0.4 is 16.0 Å². The summed E-state index contributed by atoms with van der Waals surface area (Å²) in [5.74, 6) is 0.192. The molecule has 0 aliphatic carbocycles. The Hall–Kier alpha value is -1.66. The molecule has 2 unspecified atom stereocenters. The predicted molar refractivity (Wildman–Crippen MR) is 90.4 cm³/mol. The van der Waals surface area contributed by atoms with Gasteiger partial charge in [-0.15, -0.1) is 0 Å². The highest BCUT2D eigenvalue weighted by Crippen LogP contribution is 2.33. The lowest BCUT2D eigenvalue weighted by atomic mass is 9.96. The molecule has 22 heavy (non-hydrogen) atoms. The second kappa shape index (κ2) is 6.22. The molecule has 0 bridgehead atoms. The van der Waals surface area contributed by atoms with Gasteiger partial charge in [0.1, 0.15) is 0 Å². The van der Waals surface area contributed by atoms with Crippen LogP contribution in [0, 0.1) is 12.0 Å². The third-order valence-corrected chi connectivity index (χ3v) is 5.56. The third kappa shape index (κ3) is 2.68. The molecular weight excluding hydrogens is 296 g/mol. The minimum absolute atomic E-state index is 0.448. The molecule has 1 aromatic heterocycles. The van der Waals surface area contributed by atoms with E-state index < -0.39 is 5.91 Å². The number of rotatable bonds is 5. The van der Waals surface area contributed by atoms with E-state index in [4.69, 9.17) is 5.73 Å². The van der Waals surface area contributed by atoms with Gasteiger partial charge in [0.05, 0.1) is 15.8 Å². The van der Waals surface area contributed by atoms with E-state index in [9.17, 15) is 4.79 Å². The lowest BCUT2D eigenvalue weighted by Crippen LogP contribution is -2.38. The van der Waals surface area contributed by atoms with Crippen molar-refractivity contribution in [2.75, 3.05) is 25.0 Å². The summed E-state index contributed by atoms with van der Waals surface area (Å²) in [5, 5.41) is 4.37. The van der Waals surface area contributed by atoms with Crippen molar-refractivity contribution in [3.8, 4) is 0 Å². The number of fused-ring (bicyclic) bond motifs is 1. The van der Waals surface area contributed by atoms with Crippen LogP contribution in [0.15, 0.2) is 12.1 Å². The number of amides is 1. The van der Waals surface area contributed by atoms with Crippen molar-refractivity contribution in [2.45, 2.75) is 25.8 Å². The van der Waals surface area contributed by atoms with Gasteiger partial charge in [-0.2, -0.15) is 0 Å². The van der Waals surface area contributed by atoms with Gasteiger partial charge in [-0.25, -0.2) is 4.98 Å². The zero-order valence-electron chi connectivity index (χ0n) is 12.9. The molecule has 1 saturated heterocycles. The Morgan fingerprint density at radius 1 is 1.64 bits per heavy atom.